The topological polar surface area (TPSA) is 20.2 Å². The van der Waals surface area contributed by atoms with Gasteiger partial charge in [-0.3, -0.25) is 0 Å². The van der Waals surface area contributed by atoms with Crippen LogP contribution < -0.4 is 0 Å². The van der Waals surface area contributed by atoms with Crippen LogP contribution in [0.2, 0.25) is 0 Å². The van der Waals surface area contributed by atoms with E-state index in [0.717, 1.165) is 40.6 Å². The predicted molar refractivity (Wildman–Crippen MR) is 124 cm³/mol. The Morgan fingerprint density at radius 3 is 1.42 bits per heavy atom. The maximum atomic E-state index is 10.7. The van der Waals surface area contributed by atoms with Gasteiger partial charge in [0.25, 0.3) is 0 Å². The Morgan fingerprint density at radius 1 is 0.577 bits per heavy atom. The molecule has 0 saturated heterocycles. The SMILES string of the molecule is Oc1cc(CCBr)c2ccc3c(CCBr)cc(CCBr)c4ccc1c2c43. The Labute approximate surface area is 178 Å². The molecule has 1 N–H and O–H groups in total. The molecule has 0 fully saturated rings. The third-order valence-electron chi connectivity index (χ3n) is 5.23. The predicted octanol–water partition coefficient (Wildman–Crippen LogP) is 7.10. The molecule has 0 atom stereocenters. The molecule has 4 heteroatoms. The van der Waals surface area contributed by atoms with Gasteiger partial charge in [0, 0.05) is 26.8 Å². The van der Waals surface area contributed by atoms with E-state index in [9.17, 15) is 5.11 Å². The van der Waals surface area contributed by atoms with Gasteiger partial charge in [-0.15, -0.1) is 0 Å². The van der Waals surface area contributed by atoms with E-state index in [-0.39, 0.29) is 0 Å². The van der Waals surface area contributed by atoms with Crippen molar-refractivity contribution < 1.29 is 5.11 Å². The van der Waals surface area contributed by atoms with Crippen LogP contribution in [0.15, 0.2) is 36.4 Å². The van der Waals surface area contributed by atoms with Crippen LogP contribution in [0.5, 0.6) is 5.75 Å². The van der Waals surface area contributed by atoms with E-state index in [0.29, 0.717) is 5.75 Å². The number of aromatic hydroxyl groups is 1. The van der Waals surface area contributed by atoms with Crippen molar-refractivity contribution in [2.75, 3.05) is 16.0 Å². The summed E-state index contributed by atoms with van der Waals surface area (Å²) >= 11 is 10.8. The fourth-order valence-electron chi connectivity index (χ4n) is 4.12. The molecule has 0 radical (unpaired) electrons. The quantitative estimate of drug-likeness (QED) is 0.205. The molecule has 0 aliphatic rings. The van der Waals surface area contributed by atoms with Gasteiger partial charge < -0.3 is 5.11 Å². The van der Waals surface area contributed by atoms with Crippen LogP contribution in [0.4, 0.5) is 0 Å². The lowest BCUT2D eigenvalue weighted by Crippen LogP contribution is -1.98. The standard InChI is InChI=1S/C22H19Br3O/c23-8-5-13-11-14(6-9-24)17-3-4-19-20(26)12-15(7-10-25)18-2-1-16(13)21(17)22(18)19/h1-4,11-12,26H,5-10H2. The van der Waals surface area contributed by atoms with Crippen LogP contribution in [-0.2, 0) is 19.3 Å². The van der Waals surface area contributed by atoms with Gasteiger partial charge in [0.2, 0.25) is 0 Å². The van der Waals surface area contributed by atoms with E-state index in [2.05, 4.69) is 78.1 Å². The minimum absolute atomic E-state index is 0.385. The van der Waals surface area contributed by atoms with Gasteiger partial charge in [-0.25, -0.2) is 0 Å². The first-order chi connectivity index (χ1) is 12.7. The highest BCUT2D eigenvalue weighted by atomic mass is 79.9. The molecule has 4 rings (SSSR count). The second kappa shape index (κ2) is 7.65. The number of hydrogen-bond donors (Lipinski definition) is 1. The Hall–Kier alpha value is -0.840. The fourth-order valence-corrected chi connectivity index (χ4v) is 5.41. The molecule has 0 heterocycles. The molecule has 26 heavy (non-hydrogen) atoms. The summed E-state index contributed by atoms with van der Waals surface area (Å²) in [6, 6.07) is 13.1. The van der Waals surface area contributed by atoms with Crippen molar-refractivity contribution in [3.05, 3.63) is 53.1 Å². The minimum atomic E-state index is 0.385. The molecule has 0 amide bonds. The van der Waals surface area contributed by atoms with Gasteiger partial charge in [-0.2, -0.15) is 0 Å². The highest BCUT2D eigenvalue weighted by Crippen LogP contribution is 2.42. The first kappa shape index (κ1) is 18.5. The first-order valence-electron chi connectivity index (χ1n) is 8.81. The first-order valence-corrected chi connectivity index (χ1v) is 12.2. The summed E-state index contributed by atoms with van der Waals surface area (Å²) < 4.78 is 0. The third-order valence-corrected chi connectivity index (χ3v) is 6.41. The zero-order valence-corrected chi connectivity index (χ0v) is 19.0. The van der Waals surface area contributed by atoms with Crippen LogP contribution in [0.3, 0.4) is 0 Å². The average Bonchev–Trinajstić information content (AvgIpc) is 2.64. The van der Waals surface area contributed by atoms with Gasteiger partial charge in [0.15, 0.2) is 0 Å². The molecule has 0 aliphatic heterocycles. The minimum Gasteiger partial charge on any atom is -0.507 e. The molecule has 0 aliphatic carbocycles. The summed E-state index contributed by atoms with van der Waals surface area (Å²) in [6.07, 6.45) is 2.91. The average molecular weight is 539 g/mol. The molecule has 0 spiro atoms. The number of phenolic OH excluding ortho intramolecular Hbond substituents is 1. The van der Waals surface area contributed by atoms with Crippen molar-refractivity contribution in [2.45, 2.75) is 19.3 Å². The van der Waals surface area contributed by atoms with E-state index in [1.807, 2.05) is 6.07 Å². The number of aryl methyl sites for hydroxylation is 3. The number of rotatable bonds is 6. The molecular formula is C22H19Br3O. The van der Waals surface area contributed by atoms with Crippen LogP contribution in [0, 0.1) is 0 Å². The zero-order valence-electron chi connectivity index (χ0n) is 14.3. The Morgan fingerprint density at radius 2 is 0.962 bits per heavy atom. The van der Waals surface area contributed by atoms with Crippen molar-refractivity contribution in [3.8, 4) is 5.75 Å². The number of alkyl halides is 3. The van der Waals surface area contributed by atoms with E-state index in [1.54, 1.807) is 0 Å². The number of halogens is 3. The Bertz CT molecular complexity index is 1060. The summed E-state index contributed by atoms with van der Waals surface area (Å²) in [4.78, 5) is 0. The summed E-state index contributed by atoms with van der Waals surface area (Å²) in [5, 5.41) is 20.8. The van der Waals surface area contributed by atoms with Gasteiger partial charge in [-0.05, 0) is 69.6 Å². The highest BCUT2D eigenvalue weighted by molar-refractivity contribution is 9.09. The lowest BCUT2D eigenvalue weighted by Gasteiger charge is -2.19. The summed E-state index contributed by atoms with van der Waals surface area (Å²) in [6.45, 7) is 0. The van der Waals surface area contributed by atoms with E-state index in [4.69, 9.17) is 0 Å². The highest BCUT2D eigenvalue weighted by Gasteiger charge is 2.17. The molecule has 0 unspecified atom stereocenters. The molecule has 0 bridgehead atoms. The molecule has 1 nitrogen and oxygen atoms in total. The maximum absolute atomic E-state index is 10.7. The second-order valence-electron chi connectivity index (χ2n) is 6.64. The number of benzene rings is 4. The lowest BCUT2D eigenvalue weighted by molar-refractivity contribution is 0.481. The van der Waals surface area contributed by atoms with Gasteiger partial charge in [0.1, 0.15) is 5.75 Å². The van der Waals surface area contributed by atoms with E-state index >= 15 is 0 Å². The van der Waals surface area contributed by atoms with Crippen molar-refractivity contribution in [1.29, 1.82) is 0 Å². The fraction of sp³-hybridized carbons (Fsp3) is 0.273. The Kier molecular flexibility index (Phi) is 5.45. The smallest absolute Gasteiger partial charge is 0.123 e. The van der Waals surface area contributed by atoms with E-state index < -0.39 is 0 Å². The number of phenols is 1. The largest absolute Gasteiger partial charge is 0.507 e. The van der Waals surface area contributed by atoms with Gasteiger partial charge in [-0.1, -0.05) is 72.1 Å². The molecule has 134 valence electrons. The summed E-state index contributed by atoms with van der Waals surface area (Å²) in [7, 11) is 0. The van der Waals surface area contributed by atoms with Gasteiger partial charge >= 0.3 is 0 Å². The van der Waals surface area contributed by atoms with Crippen LogP contribution in [-0.4, -0.2) is 21.1 Å². The lowest BCUT2D eigenvalue weighted by atomic mass is 9.86. The van der Waals surface area contributed by atoms with Crippen LogP contribution in [0.25, 0.3) is 32.3 Å². The van der Waals surface area contributed by atoms with Crippen molar-refractivity contribution in [2.24, 2.45) is 0 Å². The number of hydrogen-bond acceptors (Lipinski definition) is 1. The molecular weight excluding hydrogens is 520 g/mol. The molecule has 0 saturated carbocycles. The van der Waals surface area contributed by atoms with Crippen molar-refractivity contribution in [1.82, 2.24) is 0 Å². The van der Waals surface area contributed by atoms with E-state index in [1.165, 1.54) is 43.6 Å². The Balaban J connectivity index is 2.21. The zero-order chi connectivity index (χ0) is 18.3. The normalized spacial score (nSPS) is 12.0. The molecule has 4 aromatic carbocycles. The third kappa shape index (κ3) is 2.94. The van der Waals surface area contributed by atoms with Crippen LogP contribution in [0.1, 0.15) is 16.7 Å². The second-order valence-corrected chi connectivity index (χ2v) is 9.02. The molecule has 4 aromatic rings. The molecule has 0 aromatic heterocycles. The maximum Gasteiger partial charge on any atom is 0.123 e. The van der Waals surface area contributed by atoms with Crippen molar-refractivity contribution >= 4 is 80.1 Å². The monoisotopic (exact) mass is 536 g/mol. The summed E-state index contributed by atoms with van der Waals surface area (Å²) in [5.74, 6) is 0.385. The summed E-state index contributed by atoms with van der Waals surface area (Å²) in [5.41, 5.74) is 3.96. The van der Waals surface area contributed by atoms with Crippen molar-refractivity contribution in [3.63, 3.8) is 0 Å². The van der Waals surface area contributed by atoms with Crippen LogP contribution >= 0.6 is 47.8 Å². The van der Waals surface area contributed by atoms with Gasteiger partial charge in [0.05, 0.1) is 0 Å².